The summed E-state index contributed by atoms with van der Waals surface area (Å²) in [7, 11) is 0. The fourth-order valence-electron chi connectivity index (χ4n) is 3.12. The van der Waals surface area contributed by atoms with Gasteiger partial charge in [-0.15, -0.1) is 0 Å². The number of rotatable bonds is 5. The Morgan fingerprint density at radius 1 is 1.38 bits per heavy atom. The van der Waals surface area contributed by atoms with Gasteiger partial charge < -0.3 is 14.7 Å². The number of hydrogen-bond donors (Lipinski definition) is 1. The van der Waals surface area contributed by atoms with Gasteiger partial charge in [-0.3, -0.25) is 14.6 Å². The number of aromatic nitrogens is 2. The van der Waals surface area contributed by atoms with Gasteiger partial charge in [0, 0.05) is 19.5 Å². The van der Waals surface area contributed by atoms with E-state index in [9.17, 15) is 9.59 Å². The lowest BCUT2D eigenvalue weighted by atomic mass is 10.1. The molecule has 138 valence electrons. The highest BCUT2D eigenvalue weighted by molar-refractivity contribution is 5.92. The van der Waals surface area contributed by atoms with Crippen molar-refractivity contribution >= 4 is 11.8 Å². The number of nitrogens with one attached hydrogen (secondary N) is 1. The molecule has 0 radical (unpaired) electrons. The smallest absolute Gasteiger partial charge is 0.293 e. The zero-order chi connectivity index (χ0) is 18.7. The molecule has 0 saturated carbocycles. The number of likely N-dealkylation sites (tertiary alicyclic amines) is 1. The molecule has 1 aliphatic heterocycles. The first-order valence-electron chi connectivity index (χ1n) is 8.93. The van der Waals surface area contributed by atoms with E-state index in [0.717, 1.165) is 29.9 Å². The summed E-state index contributed by atoms with van der Waals surface area (Å²) in [5.41, 5.74) is 2.39. The number of hydrogen-bond acceptors (Lipinski definition) is 5. The third-order valence-corrected chi connectivity index (χ3v) is 4.53. The average molecular weight is 356 g/mol. The van der Waals surface area contributed by atoms with E-state index < -0.39 is 0 Å². The van der Waals surface area contributed by atoms with E-state index in [2.05, 4.69) is 15.5 Å². The molecular weight excluding hydrogens is 332 g/mol. The zero-order valence-corrected chi connectivity index (χ0v) is 15.4. The Bertz CT molecular complexity index is 800. The summed E-state index contributed by atoms with van der Waals surface area (Å²) < 4.78 is 5.26. The first kappa shape index (κ1) is 18.1. The molecule has 7 heteroatoms. The largest absolute Gasteiger partial charge is 0.351 e. The highest BCUT2D eigenvalue weighted by atomic mass is 16.5. The lowest BCUT2D eigenvalue weighted by molar-refractivity contribution is -0.119. The maximum atomic E-state index is 12.9. The molecule has 2 aromatic heterocycles. The molecule has 0 aliphatic carbocycles. The van der Waals surface area contributed by atoms with Crippen molar-refractivity contribution in [1.82, 2.24) is 20.4 Å². The van der Waals surface area contributed by atoms with Crippen LogP contribution >= 0.6 is 0 Å². The average Bonchev–Trinajstić information content (AvgIpc) is 3.29. The molecule has 1 N–H and O–H groups in total. The third-order valence-electron chi connectivity index (χ3n) is 4.53. The molecule has 1 aliphatic rings. The van der Waals surface area contributed by atoms with Crippen LogP contribution in [-0.4, -0.2) is 33.4 Å². The fraction of sp³-hybridized carbons (Fsp3) is 0.474. The number of pyridine rings is 1. The molecule has 0 spiro atoms. The summed E-state index contributed by atoms with van der Waals surface area (Å²) in [6.07, 6.45) is 1.77. The molecule has 2 aromatic rings. The van der Waals surface area contributed by atoms with Crippen LogP contribution in [-0.2, 0) is 11.3 Å². The third kappa shape index (κ3) is 3.92. The normalized spacial score (nSPS) is 16.9. The highest BCUT2D eigenvalue weighted by Crippen LogP contribution is 2.32. The van der Waals surface area contributed by atoms with E-state index in [1.54, 1.807) is 11.0 Å². The standard InChI is InChI=1S/C19H24N4O3/c1-12(2)16-10-18(26-22-16)19(25)23-9-5-8-17(23)15-7-4-6-14(21-15)11-20-13(3)24/h4,6-7,10,12,17H,5,8-9,11H2,1-3H3,(H,20,24)/t17-/m0/s1. The number of amides is 2. The summed E-state index contributed by atoms with van der Waals surface area (Å²) in [6.45, 7) is 6.54. The van der Waals surface area contributed by atoms with Gasteiger partial charge in [0.15, 0.2) is 0 Å². The molecule has 1 atom stereocenters. The Balaban J connectivity index is 1.78. The topological polar surface area (TPSA) is 88.3 Å². The summed E-state index contributed by atoms with van der Waals surface area (Å²) in [4.78, 5) is 30.4. The monoisotopic (exact) mass is 356 g/mol. The van der Waals surface area contributed by atoms with Crippen LogP contribution in [0.3, 0.4) is 0 Å². The van der Waals surface area contributed by atoms with Crippen molar-refractivity contribution in [2.75, 3.05) is 6.54 Å². The Morgan fingerprint density at radius 2 is 2.19 bits per heavy atom. The molecule has 1 saturated heterocycles. The number of nitrogens with zero attached hydrogens (tertiary/aromatic N) is 3. The maximum absolute atomic E-state index is 12.9. The molecule has 3 heterocycles. The summed E-state index contributed by atoms with van der Waals surface area (Å²) in [5, 5.41) is 6.73. The Morgan fingerprint density at radius 3 is 2.88 bits per heavy atom. The molecule has 3 rings (SSSR count). The van der Waals surface area contributed by atoms with Crippen LogP contribution in [0.5, 0.6) is 0 Å². The first-order chi connectivity index (χ1) is 12.5. The van der Waals surface area contributed by atoms with Crippen molar-refractivity contribution in [1.29, 1.82) is 0 Å². The molecule has 7 nitrogen and oxygen atoms in total. The molecule has 1 fully saturated rings. The predicted molar refractivity (Wildman–Crippen MR) is 95.4 cm³/mol. The van der Waals surface area contributed by atoms with Crippen LogP contribution in [0.1, 0.15) is 73.2 Å². The second kappa shape index (κ2) is 7.68. The van der Waals surface area contributed by atoms with Gasteiger partial charge in [0.25, 0.3) is 5.91 Å². The molecule has 26 heavy (non-hydrogen) atoms. The van der Waals surface area contributed by atoms with E-state index >= 15 is 0 Å². The molecular formula is C19H24N4O3. The highest BCUT2D eigenvalue weighted by Gasteiger charge is 2.33. The maximum Gasteiger partial charge on any atom is 0.293 e. The van der Waals surface area contributed by atoms with E-state index in [0.29, 0.717) is 13.1 Å². The van der Waals surface area contributed by atoms with Gasteiger partial charge in [0.1, 0.15) is 0 Å². The van der Waals surface area contributed by atoms with Gasteiger partial charge in [0.05, 0.1) is 29.7 Å². The molecule has 2 amide bonds. The van der Waals surface area contributed by atoms with E-state index in [-0.39, 0.29) is 29.5 Å². The molecule has 0 aromatic carbocycles. The Kier molecular flexibility index (Phi) is 5.35. The second-order valence-electron chi connectivity index (χ2n) is 6.89. The van der Waals surface area contributed by atoms with E-state index in [4.69, 9.17) is 4.52 Å². The van der Waals surface area contributed by atoms with Crippen molar-refractivity contribution in [2.45, 2.75) is 52.1 Å². The number of carbonyl (C=O) groups excluding carboxylic acids is 2. The molecule has 0 unspecified atom stereocenters. The van der Waals surface area contributed by atoms with Crippen LogP contribution in [0.15, 0.2) is 28.8 Å². The van der Waals surface area contributed by atoms with Gasteiger partial charge in [-0.25, -0.2) is 0 Å². The minimum atomic E-state index is -0.152. The minimum absolute atomic E-state index is 0.0904. The van der Waals surface area contributed by atoms with Gasteiger partial charge in [-0.2, -0.15) is 0 Å². The van der Waals surface area contributed by atoms with Crippen LogP contribution in [0.4, 0.5) is 0 Å². The summed E-state index contributed by atoms with van der Waals surface area (Å²) >= 11 is 0. The lowest BCUT2D eigenvalue weighted by Gasteiger charge is -2.23. The summed E-state index contributed by atoms with van der Waals surface area (Å²) in [6, 6.07) is 7.33. The van der Waals surface area contributed by atoms with Crippen LogP contribution in [0.25, 0.3) is 0 Å². The van der Waals surface area contributed by atoms with Crippen LogP contribution < -0.4 is 5.32 Å². The van der Waals surface area contributed by atoms with Gasteiger partial charge in [-0.05, 0) is 30.9 Å². The number of carbonyl (C=O) groups is 2. The zero-order valence-electron chi connectivity index (χ0n) is 15.4. The lowest BCUT2D eigenvalue weighted by Crippen LogP contribution is -2.31. The van der Waals surface area contributed by atoms with Crippen LogP contribution in [0.2, 0.25) is 0 Å². The van der Waals surface area contributed by atoms with Crippen molar-refractivity contribution in [3.05, 3.63) is 47.1 Å². The van der Waals surface area contributed by atoms with Crippen LogP contribution in [0, 0.1) is 0 Å². The summed E-state index contributed by atoms with van der Waals surface area (Å²) in [5.74, 6) is 0.235. The fourth-order valence-corrected chi connectivity index (χ4v) is 3.12. The van der Waals surface area contributed by atoms with Gasteiger partial charge in [-0.1, -0.05) is 25.1 Å². The quantitative estimate of drug-likeness (QED) is 0.890. The van der Waals surface area contributed by atoms with Crippen molar-refractivity contribution < 1.29 is 14.1 Å². The second-order valence-corrected chi connectivity index (χ2v) is 6.89. The van der Waals surface area contributed by atoms with Crippen molar-refractivity contribution in [3.63, 3.8) is 0 Å². The van der Waals surface area contributed by atoms with E-state index in [1.165, 1.54) is 6.92 Å². The van der Waals surface area contributed by atoms with E-state index in [1.807, 2.05) is 32.0 Å². The Labute approximate surface area is 152 Å². The van der Waals surface area contributed by atoms with Crippen molar-refractivity contribution in [2.24, 2.45) is 0 Å². The van der Waals surface area contributed by atoms with Gasteiger partial charge in [0.2, 0.25) is 11.7 Å². The minimum Gasteiger partial charge on any atom is -0.351 e. The van der Waals surface area contributed by atoms with Crippen molar-refractivity contribution in [3.8, 4) is 0 Å². The Hall–Kier alpha value is -2.70. The SMILES string of the molecule is CC(=O)NCc1cccc([C@@H]2CCCN2C(=O)c2cc(C(C)C)no2)n1. The first-order valence-corrected chi connectivity index (χ1v) is 8.93. The molecule has 0 bridgehead atoms. The van der Waals surface area contributed by atoms with Gasteiger partial charge >= 0.3 is 0 Å². The predicted octanol–water partition coefficient (Wildman–Crippen LogP) is 2.81.